The van der Waals surface area contributed by atoms with E-state index in [4.69, 9.17) is 5.73 Å². The molecule has 2 aromatic carbocycles. The first-order valence-corrected chi connectivity index (χ1v) is 7.39. The van der Waals surface area contributed by atoms with Crippen molar-refractivity contribution in [3.63, 3.8) is 0 Å². The van der Waals surface area contributed by atoms with E-state index >= 15 is 0 Å². The van der Waals surface area contributed by atoms with Crippen molar-refractivity contribution in [1.29, 1.82) is 0 Å². The maximum atomic E-state index is 13.4. The van der Waals surface area contributed by atoms with Gasteiger partial charge >= 0.3 is 6.36 Å². The van der Waals surface area contributed by atoms with Crippen LogP contribution in [0.1, 0.15) is 5.56 Å². The number of ether oxygens (including phenoxy) is 1. The lowest BCUT2D eigenvalue weighted by atomic mass is 10.2. The Kier molecular flexibility index (Phi) is 7.93. The lowest BCUT2D eigenvalue weighted by Gasteiger charge is -2.10. The molecule has 0 aliphatic heterocycles. The molecular formula is C15H13BrF4IN3O. The Hall–Kier alpha value is -1.56. The van der Waals surface area contributed by atoms with E-state index in [1.54, 1.807) is 12.1 Å². The van der Waals surface area contributed by atoms with Gasteiger partial charge in [0, 0.05) is 5.69 Å². The molecule has 0 saturated heterocycles. The molecule has 2 aromatic rings. The Labute approximate surface area is 166 Å². The maximum Gasteiger partial charge on any atom is 0.573 e. The zero-order valence-electron chi connectivity index (χ0n) is 12.5. The fourth-order valence-electron chi connectivity index (χ4n) is 1.74. The monoisotopic (exact) mass is 533 g/mol. The van der Waals surface area contributed by atoms with Gasteiger partial charge in [-0.05, 0) is 57.9 Å². The van der Waals surface area contributed by atoms with Gasteiger partial charge in [0.1, 0.15) is 11.6 Å². The van der Waals surface area contributed by atoms with Gasteiger partial charge in [0.2, 0.25) is 0 Å². The van der Waals surface area contributed by atoms with E-state index < -0.39 is 12.2 Å². The first kappa shape index (κ1) is 21.5. The molecule has 0 atom stereocenters. The van der Waals surface area contributed by atoms with Gasteiger partial charge in [-0.1, -0.05) is 6.07 Å². The summed E-state index contributed by atoms with van der Waals surface area (Å²) in [5, 5.41) is 2.72. The third kappa shape index (κ3) is 7.46. The van der Waals surface area contributed by atoms with E-state index in [0.717, 1.165) is 12.1 Å². The number of rotatable bonds is 4. The van der Waals surface area contributed by atoms with Crippen molar-refractivity contribution in [2.45, 2.75) is 12.9 Å². The first-order valence-electron chi connectivity index (χ1n) is 6.59. The van der Waals surface area contributed by atoms with Crippen LogP contribution >= 0.6 is 39.9 Å². The van der Waals surface area contributed by atoms with Crippen LogP contribution in [-0.2, 0) is 6.54 Å². The van der Waals surface area contributed by atoms with Crippen molar-refractivity contribution in [1.82, 2.24) is 0 Å². The molecule has 0 unspecified atom stereocenters. The topological polar surface area (TPSA) is 59.6 Å². The third-order valence-electron chi connectivity index (χ3n) is 2.78. The quantitative estimate of drug-likeness (QED) is 0.251. The van der Waals surface area contributed by atoms with Gasteiger partial charge in [-0.15, -0.1) is 37.1 Å². The zero-order valence-corrected chi connectivity index (χ0v) is 16.4. The Morgan fingerprint density at radius 2 is 1.80 bits per heavy atom. The second-order valence-corrected chi connectivity index (χ2v) is 5.50. The van der Waals surface area contributed by atoms with Gasteiger partial charge in [0.25, 0.3) is 0 Å². The van der Waals surface area contributed by atoms with Crippen molar-refractivity contribution >= 4 is 51.6 Å². The number of nitrogens with zero attached hydrogens (tertiary/aromatic N) is 1. The van der Waals surface area contributed by atoms with Gasteiger partial charge in [-0.2, -0.15) is 0 Å². The second-order valence-electron chi connectivity index (χ2n) is 4.65. The number of hydrogen-bond acceptors (Lipinski definition) is 2. The molecule has 0 amide bonds. The standard InChI is InChI=1S/C15H12BrF4N3O.HI/c16-12-6-1-9(7-13(12)17)8-22-14(21)23-10-2-4-11(5-3-10)24-15(18,19)20;/h1-7H,8H2,(H3,21,22,23);1H. The highest BCUT2D eigenvalue weighted by Crippen LogP contribution is 2.24. The number of benzene rings is 2. The van der Waals surface area contributed by atoms with Crippen molar-refractivity contribution in [2.75, 3.05) is 5.32 Å². The van der Waals surface area contributed by atoms with Gasteiger partial charge in [0.15, 0.2) is 5.96 Å². The lowest BCUT2D eigenvalue weighted by Crippen LogP contribution is -2.22. The summed E-state index contributed by atoms with van der Waals surface area (Å²) in [6.45, 7) is 0.151. The van der Waals surface area contributed by atoms with Crippen LogP contribution in [0, 0.1) is 5.82 Å². The van der Waals surface area contributed by atoms with Gasteiger partial charge < -0.3 is 15.8 Å². The molecule has 4 nitrogen and oxygen atoms in total. The van der Waals surface area contributed by atoms with Crippen molar-refractivity contribution in [3.05, 3.63) is 58.3 Å². The predicted octanol–water partition coefficient (Wildman–Crippen LogP) is 5.03. The molecule has 0 aromatic heterocycles. The van der Waals surface area contributed by atoms with Crippen LogP contribution in [0.3, 0.4) is 0 Å². The molecule has 0 aliphatic carbocycles. The molecule has 3 N–H and O–H groups in total. The van der Waals surface area contributed by atoms with Crippen LogP contribution < -0.4 is 15.8 Å². The minimum Gasteiger partial charge on any atom is -0.406 e. The average Bonchev–Trinajstić information content (AvgIpc) is 2.49. The van der Waals surface area contributed by atoms with E-state index in [9.17, 15) is 17.6 Å². The number of nitrogens with two attached hydrogens (primary N) is 1. The van der Waals surface area contributed by atoms with Crippen LogP contribution in [0.2, 0.25) is 0 Å². The summed E-state index contributed by atoms with van der Waals surface area (Å²) in [5.74, 6) is -0.703. The van der Waals surface area contributed by atoms with E-state index in [-0.39, 0.29) is 42.2 Å². The van der Waals surface area contributed by atoms with E-state index in [2.05, 4.69) is 31.0 Å². The smallest absolute Gasteiger partial charge is 0.406 e. The largest absolute Gasteiger partial charge is 0.573 e. The summed E-state index contributed by atoms with van der Waals surface area (Å²) in [6.07, 6.45) is -4.74. The predicted molar refractivity (Wildman–Crippen MR) is 102 cm³/mol. The zero-order chi connectivity index (χ0) is 17.7. The van der Waals surface area contributed by atoms with Crippen LogP contribution in [0.25, 0.3) is 0 Å². The number of halogens is 6. The molecule has 0 spiro atoms. The number of hydrogen-bond donors (Lipinski definition) is 2. The number of guanidine groups is 1. The molecular weight excluding hydrogens is 521 g/mol. The van der Waals surface area contributed by atoms with Crippen molar-refractivity contribution < 1.29 is 22.3 Å². The molecule has 25 heavy (non-hydrogen) atoms. The summed E-state index contributed by atoms with van der Waals surface area (Å²) in [7, 11) is 0. The minimum absolute atomic E-state index is 0. The molecule has 136 valence electrons. The van der Waals surface area contributed by atoms with E-state index in [0.29, 0.717) is 15.7 Å². The molecule has 0 fully saturated rings. The number of aliphatic imine (C=N–C) groups is 1. The minimum atomic E-state index is -4.74. The molecule has 0 bridgehead atoms. The summed E-state index contributed by atoms with van der Waals surface area (Å²) < 4.78 is 53.7. The average molecular weight is 534 g/mol. The van der Waals surface area contributed by atoms with Gasteiger partial charge in [-0.25, -0.2) is 9.38 Å². The summed E-state index contributed by atoms with van der Waals surface area (Å²) in [5.41, 5.74) is 6.74. The van der Waals surface area contributed by atoms with Crippen molar-refractivity contribution in [2.24, 2.45) is 10.7 Å². The fourth-order valence-corrected chi connectivity index (χ4v) is 1.99. The summed E-state index contributed by atoms with van der Waals surface area (Å²) in [6, 6.07) is 9.59. The Morgan fingerprint density at radius 1 is 1.16 bits per heavy atom. The van der Waals surface area contributed by atoms with Gasteiger partial charge in [0.05, 0.1) is 11.0 Å². The third-order valence-corrected chi connectivity index (χ3v) is 3.42. The number of anilines is 1. The Bertz CT molecular complexity index is 739. The first-order chi connectivity index (χ1) is 11.2. The highest BCUT2D eigenvalue weighted by Gasteiger charge is 2.30. The van der Waals surface area contributed by atoms with Crippen LogP contribution in [0.15, 0.2) is 51.9 Å². The van der Waals surface area contributed by atoms with Crippen LogP contribution in [0.5, 0.6) is 5.75 Å². The molecule has 0 saturated carbocycles. The Morgan fingerprint density at radius 3 is 2.36 bits per heavy atom. The maximum absolute atomic E-state index is 13.4. The fraction of sp³-hybridized carbons (Fsp3) is 0.133. The van der Waals surface area contributed by atoms with E-state index in [1.807, 2.05) is 0 Å². The SMILES string of the molecule is I.NC(=NCc1ccc(Br)c(F)c1)Nc1ccc(OC(F)(F)F)cc1. The summed E-state index contributed by atoms with van der Waals surface area (Å²) >= 11 is 3.05. The highest BCUT2D eigenvalue weighted by atomic mass is 127. The lowest BCUT2D eigenvalue weighted by molar-refractivity contribution is -0.274. The number of alkyl halides is 3. The van der Waals surface area contributed by atoms with Crippen LogP contribution in [0.4, 0.5) is 23.2 Å². The number of nitrogens with one attached hydrogen (secondary N) is 1. The Balaban J connectivity index is 0.00000312. The summed E-state index contributed by atoms with van der Waals surface area (Å²) in [4.78, 5) is 4.03. The molecule has 0 aliphatic rings. The van der Waals surface area contributed by atoms with E-state index in [1.165, 1.54) is 18.2 Å². The highest BCUT2D eigenvalue weighted by molar-refractivity contribution is 14.0. The van der Waals surface area contributed by atoms with Crippen LogP contribution in [-0.4, -0.2) is 12.3 Å². The molecule has 0 radical (unpaired) electrons. The molecule has 2 rings (SSSR count). The second kappa shape index (κ2) is 9.22. The molecule has 10 heteroatoms. The normalized spacial score (nSPS) is 11.6. The molecule has 0 heterocycles. The van der Waals surface area contributed by atoms with Crippen molar-refractivity contribution in [3.8, 4) is 5.75 Å². The van der Waals surface area contributed by atoms with Gasteiger partial charge in [-0.3, -0.25) is 0 Å².